The van der Waals surface area contributed by atoms with E-state index in [2.05, 4.69) is 4.98 Å². The SMILES string of the molecule is CCCCn1c(N)c(N(CC(C)C)C(=O)[C@H]2CCCN(C(=O)c3ccc(Cl)cc3)C2)c(=O)[nH]c1=O. The lowest BCUT2D eigenvalue weighted by atomic mass is 9.95. The van der Waals surface area contributed by atoms with Gasteiger partial charge in [0.15, 0.2) is 5.69 Å². The molecule has 0 aliphatic carbocycles. The number of halogens is 1. The maximum absolute atomic E-state index is 13.8. The monoisotopic (exact) mass is 503 g/mol. The molecule has 1 aromatic heterocycles. The molecule has 0 bridgehead atoms. The number of aromatic nitrogens is 2. The molecule has 3 N–H and O–H groups in total. The highest BCUT2D eigenvalue weighted by atomic mass is 35.5. The van der Waals surface area contributed by atoms with Gasteiger partial charge in [-0.1, -0.05) is 38.8 Å². The van der Waals surface area contributed by atoms with Gasteiger partial charge in [0.1, 0.15) is 5.82 Å². The van der Waals surface area contributed by atoms with Crippen molar-refractivity contribution in [2.45, 2.75) is 53.0 Å². The molecule has 190 valence electrons. The maximum Gasteiger partial charge on any atom is 0.330 e. The van der Waals surface area contributed by atoms with E-state index < -0.39 is 17.2 Å². The van der Waals surface area contributed by atoms with E-state index in [4.69, 9.17) is 17.3 Å². The van der Waals surface area contributed by atoms with Gasteiger partial charge in [-0.05, 0) is 49.4 Å². The number of aromatic amines is 1. The number of anilines is 2. The van der Waals surface area contributed by atoms with E-state index in [0.29, 0.717) is 42.9 Å². The molecule has 2 heterocycles. The lowest BCUT2D eigenvalue weighted by molar-refractivity contribution is -0.123. The number of piperidine rings is 1. The largest absolute Gasteiger partial charge is 0.383 e. The number of H-pyrrole nitrogens is 1. The first kappa shape index (κ1) is 26.5. The van der Waals surface area contributed by atoms with Crippen molar-refractivity contribution in [3.05, 3.63) is 55.7 Å². The number of hydrogen-bond acceptors (Lipinski definition) is 5. The zero-order valence-electron chi connectivity index (χ0n) is 20.6. The second-order valence-electron chi connectivity index (χ2n) is 9.44. The molecule has 9 nitrogen and oxygen atoms in total. The molecule has 10 heteroatoms. The van der Waals surface area contributed by atoms with E-state index in [1.807, 2.05) is 20.8 Å². The quantitative estimate of drug-likeness (QED) is 0.573. The lowest BCUT2D eigenvalue weighted by Crippen LogP contribution is -2.49. The van der Waals surface area contributed by atoms with Gasteiger partial charge in [0, 0.05) is 36.8 Å². The van der Waals surface area contributed by atoms with E-state index >= 15 is 0 Å². The van der Waals surface area contributed by atoms with Crippen LogP contribution in [0.25, 0.3) is 0 Å². The predicted molar refractivity (Wildman–Crippen MR) is 138 cm³/mol. The fourth-order valence-corrected chi connectivity index (χ4v) is 4.52. The molecule has 1 aromatic carbocycles. The van der Waals surface area contributed by atoms with E-state index in [-0.39, 0.29) is 42.3 Å². The molecule has 0 unspecified atom stereocenters. The summed E-state index contributed by atoms with van der Waals surface area (Å²) in [6.07, 6.45) is 2.80. The first-order valence-corrected chi connectivity index (χ1v) is 12.5. The Morgan fingerprint density at radius 2 is 1.91 bits per heavy atom. The summed E-state index contributed by atoms with van der Waals surface area (Å²) in [6.45, 7) is 7.26. The number of carbonyl (C=O) groups is 2. The van der Waals surface area contributed by atoms with Crippen LogP contribution in [0.15, 0.2) is 33.9 Å². The number of amides is 2. The summed E-state index contributed by atoms with van der Waals surface area (Å²) in [6, 6.07) is 6.66. The van der Waals surface area contributed by atoms with E-state index in [0.717, 1.165) is 6.42 Å². The second kappa shape index (κ2) is 11.6. The van der Waals surface area contributed by atoms with Crippen LogP contribution < -0.4 is 21.9 Å². The van der Waals surface area contributed by atoms with Crippen LogP contribution in [0.2, 0.25) is 5.02 Å². The average Bonchev–Trinajstić information content (AvgIpc) is 2.82. The third-order valence-corrected chi connectivity index (χ3v) is 6.43. The number of nitrogen functional groups attached to an aromatic ring is 1. The van der Waals surface area contributed by atoms with Crippen molar-refractivity contribution in [3.63, 3.8) is 0 Å². The minimum Gasteiger partial charge on any atom is -0.383 e. The van der Waals surface area contributed by atoms with Gasteiger partial charge in [-0.3, -0.25) is 23.9 Å². The van der Waals surface area contributed by atoms with Crippen molar-refractivity contribution in [2.24, 2.45) is 11.8 Å². The first-order chi connectivity index (χ1) is 16.6. The minimum atomic E-state index is -0.681. The molecule has 0 saturated carbocycles. The van der Waals surface area contributed by atoms with Crippen LogP contribution in [-0.2, 0) is 11.3 Å². The smallest absolute Gasteiger partial charge is 0.330 e. The standard InChI is InChI=1S/C25H34ClN5O4/c1-4-5-13-30-21(27)20(22(32)28-25(30)35)31(14-16(2)3)24(34)18-7-6-12-29(15-18)23(33)17-8-10-19(26)11-9-17/h8-11,16,18H,4-7,12-15,27H2,1-3H3,(H,28,32,35)/t18-/m0/s1. The number of nitrogens with two attached hydrogens (primary N) is 1. The highest BCUT2D eigenvalue weighted by Gasteiger charge is 2.34. The number of hydrogen-bond donors (Lipinski definition) is 2. The summed E-state index contributed by atoms with van der Waals surface area (Å²) >= 11 is 5.94. The molecule has 35 heavy (non-hydrogen) atoms. The van der Waals surface area contributed by atoms with Gasteiger partial charge in [0.2, 0.25) is 5.91 Å². The van der Waals surface area contributed by atoms with Gasteiger partial charge in [0.25, 0.3) is 11.5 Å². The van der Waals surface area contributed by atoms with Crippen LogP contribution >= 0.6 is 11.6 Å². The third-order valence-electron chi connectivity index (χ3n) is 6.18. The first-order valence-electron chi connectivity index (χ1n) is 12.1. The Balaban J connectivity index is 1.92. The second-order valence-corrected chi connectivity index (χ2v) is 9.87. The maximum atomic E-state index is 13.8. The molecule has 0 radical (unpaired) electrons. The number of unbranched alkanes of at least 4 members (excludes halogenated alkanes) is 1. The number of likely N-dealkylation sites (tertiary alicyclic amines) is 1. The fraction of sp³-hybridized carbons (Fsp3) is 0.520. The van der Waals surface area contributed by atoms with Gasteiger partial charge in [-0.15, -0.1) is 0 Å². The average molecular weight is 504 g/mol. The number of rotatable bonds is 8. The Labute approximate surface area is 209 Å². The Morgan fingerprint density at radius 3 is 2.54 bits per heavy atom. The van der Waals surface area contributed by atoms with Crippen LogP contribution in [0.4, 0.5) is 11.5 Å². The number of carbonyl (C=O) groups excluding carboxylic acids is 2. The minimum absolute atomic E-state index is 0.000513. The summed E-state index contributed by atoms with van der Waals surface area (Å²) in [5.74, 6) is -0.894. The van der Waals surface area contributed by atoms with Crippen molar-refractivity contribution in [3.8, 4) is 0 Å². The van der Waals surface area contributed by atoms with Gasteiger partial charge in [-0.25, -0.2) is 4.79 Å². The van der Waals surface area contributed by atoms with Crippen LogP contribution in [0.5, 0.6) is 0 Å². The summed E-state index contributed by atoms with van der Waals surface area (Å²) in [7, 11) is 0. The number of nitrogens with one attached hydrogen (secondary N) is 1. The van der Waals surface area contributed by atoms with Gasteiger partial charge in [-0.2, -0.15) is 0 Å². The highest BCUT2D eigenvalue weighted by molar-refractivity contribution is 6.30. The van der Waals surface area contributed by atoms with E-state index in [1.165, 1.54) is 9.47 Å². The highest BCUT2D eigenvalue weighted by Crippen LogP contribution is 2.26. The molecule has 3 rings (SSSR count). The Hall–Kier alpha value is -3.07. The molecule has 1 aliphatic heterocycles. The van der Waals surface area contributed by atoms with Crippen molar-refractivity contribution in [2.75, 3.05) is 30.3 Å². The normalized spacial score (nSPS) is 15.9. The molecule has 1 atom stereocenters. The van der Waals surface area contributed by atoms with Gasteiger partial charge in [0.05, 0.1) is 5.92 Å². The van der Waals surface area contributed by atoms with Crippen molar-refractivity contribution < 1.29 is 9.59 Å². The Kier molecular flexibility index (Phi) is 8.77. The van der Waals surface area contributed by atoms with Crippen molar-refractivity contribution in [1.82, 2.24) is 14.5 Å². The van der Waals surface area contributed by atoms with Crippen molar-refractivity contribution >= 4 is 34.9 Å². The molecule has 1 saturated heterocycles. The fourth-order valence-electron chi connectivity index (χ4n) is 4.39. The summed E-state index contributed by atoms with van der Waals surface area (Å²) in [5, 5.41) is 0.542. The molecular formula is C25H34ClN5O4. The van der Waals surface area contributed by atoms with Gasteiger partial charge < -0.3 is 15.5 Å². The summed E-state index contributed by atoms with van der Waals surface area (Å²) < 4.78 is 1.32. The molecule has 1 fully saturated rings. The predicted octanol–water partition coefficient (Wildman–Crippen LogP) is 3.11. The number of nitrogens with zero attached hydrogens (tertiary/aromatic N) is 3. The molecular weight excluding hydrogens is 470 g/mol. The van der Waals surface area contributed by atoms with Crippen LogP contribution in [0, 0.1) is 11.8 Å². The summed E-state index contributed by atoms with van der Waals surface area (Å²) in [5.41, 5.74) is 5.55. The zero-order chi connectivity index (χ0) is 25.7. The van der Waals surface area contributed by atoms with E-state index in [1.54, 1.807) is 29.2 Å². The molecule has 2 aromatic rings. The van der Waals surface area contributed by atoms with E-state index in [9.17, 15) is 19.2 Å². The molecule has 0 spiro atoms. The van der Waals surface area contributed by atoms with Crippen LogP contribution in [-0.4, -0.2) is 45.9 Å². The third kappa shape index (κ3) is 6.14. The van der Waals surface area contributed by atoms with Crippen molar-refractivity contribution in [1.29, 1.82) is 0 Å². The Morgan fingerprint density at radius 1 is 1.23 bits per heavy atom. The molecule has 2 amide bonds. The van der Waals surface area contributed by atoms with Crippen LogP contribution in [0.3, 0.4) is 0 Å². The lowest BCUT2D eigenvalue weighted by Gasteiger charge is -2.35. The topological polar surface area (TPSA) is 121 Å². The molecule has 1 aliphatic rings. The van der Waals surface area contributed by atoms with Gasteiger partial charge >= 0.3 is 5.69 Å². The zero-order valence-corrected chi connectivity index (χ0v) is 21.3. The number of benzene rings is 1. The summed E-state index contributed by atoms with van der Waals surface area (Å²) in [4.78, 5) is 57.4. The van der Waals surface area contributed by atoms with Crippen LogP contribution in [0.1, 0.15) is 56.8 Å². The Bertz CT molecular complexity index is 1170.